The molecule has 0 aliphatic rings. The number of ether oxygens (including phenoxy) is 1. The molecule has 2 N–H and O–H groups in total. The number of methoxy groups -OCH3 is 1. The summed E-state index contributed by atoms with van der Waals surface area (Å²) < 4.78 is 7.05. The van der Waals surface area contributed by atoms with Crippen molar-refractivity contribution in [2.24, 2.45) is 0 Å². The summed E-state index contributed by atoms with van der Waals surface area (Å²) in [7, 11) is 1.71. The van der Waals surface area contributed by atoms with E-state index in [-0.39, 0.29) is 0 Å². The van der Waals surface area contributed by atoms with Crippen molar-refractivity contribution in [2.75, 3.05) is 25.6 Å². The Kier molecular flexibility index (Phi) is 4.15. The number of imidazole rings is 1. The zero-order valence-corrected chi connectivity index (χ0v) is 9.89. The van der Waals surface area contributed by atoms with E-state index in [4.69, 9.17) is 4.74 Å². The summed E-state index contributed by atoms with van der Waals surface area (Å²) in [5.74, 6) is 0.877. The third-order valence-electron chi connectivity index (χ3n) is 2.43. The SMILES string of the molecule is COCCCNc1nccn1Cc1cn[nH]c1. The van der Waals surface area contributed by atoms with Gasteiger partial charge in [-0.2, -0.15) is 5.10 Å². The summed E-state index contributed by atoms with van der Waals surface area (Å²) in [6.45, 7) is 2.38. The van der Waals surface area contributed by atoms with Gasteiger partial charge < -0.3 is 14.6 Å². The van der Waals surface area contributed by atoms with Crippen LogP contribution in [0, 0.1) is 0 Å². The third-order valence-corrected chi connectivity index (χ3v) is 2.43. The molecule has 92 valence electrons. The third kappa shape index (κ3) is 3.32. The summed E-state index contributed by atoms with van der Waals surface area (Å²) in [5.41, 5.74) is 1.13. The predicted octanol–water partition coefficient (Wildman–Crippen LogP) is 1.10. The van der Waals surface area contributed by atoms with Crippen LogP contribution in [-0.4, -0.2) is 40.0 Å². The van der Waals surface area contributed by atoms with Gasteiger partial charge in [0.05, 0.1) is 12.7 Å². The fraction of sp³-hybridized carbons (Fsp3) is 0.455. The molecule has 6 heteroatoms. The highest BCUT2D eigenvalue weighted by Crippen LogP contribution is 2.07. The summed E-state index contributed by atoms with van der Waals surface area (Å²) in [5, 5.41) is 10.0. The van der Waals surface area contributed by atoms with Crippen LogP contribution in [0.1, 0.15) is 12.0 Å². The average Bonchev–Trinajstić information content (AvgIpc) is 2.97. The number of rotatable bonds is 7. The first-order chi connectivity index (χ1) is 8.40. The molecule has 0 saturated heterocycles. The van der Waals surface area contributed by atoms with Crippen molar-refractivity contribution in [1.29, 1.82) is 0 Å². The van der Waals surface area contributed by atoms with Crippen LogP contribution >= 0.6 is 0 Å². The molecule has 0 atom stereocenters. The molecule has 0 aromatic carbocycles. The topological polar surface area (TPSA) is 67.8 Å². The predicted molar refractivity (Wildman–Crippen MR) is 64.9 cm³/mol. The van der Waals surface area contributed by atoms with Gasteiger partial charge >= 0.3 is 0 Å². The Labute approximate surface area is 100 Å². The molecule has 2 aromatic rings. The normalized spacial score (nSPS) is 10.6. The number of hydrogen-bond acceptors (Lipinski definition) is 4. The minimum absolute atomic E-state index is 0.759. The minimum atomic E-state index is 0.759. The van der Waals surface area contributed by atoms with Gasteiger partial charge in [0.15, 0.2) is 0 Å². The molecule has 2 heterocycles. The summed E-state index contributed by atoms with van der Waals surface area (Å²) in [6, 6.07) is 0. The number of aromatic amines is 1. The molecule has 0 aliphatic carbocycles. The molecular weight excluding hydrogens is 218 g/mol. The van der Waals surface area contributed by atoms with Crippen molar-refractivity contribution in [3.05, 3.63) is 30.4 Å². The van der Waals surface area contributed by atoms with Gasteiger partial charge in [-0.15, -0.1) is 0 Å². The summed E-state index contributed by atoms with van der Waals surface area (Å²) in [4.78, 5) is 4.27. The van der Waals surface area contributed by atoms with Crippen LogP contribution in [0.3, 0.4) is 0 Å². The number of nitrogens with zero attached hydrogens (tertiary/aromatic N) is 3. The van der Waals surface area contributed by atoms with Gasteiger partial charge in [0.2, 0.25) is 5.95 Å². The second kappa shape index (κ2) is 6.05. The van der Waals surface area contributed by atoms with Gasteiger partial charge in [-0.3, -0.25) is 5.10 Å². The standard InChI is InChI=1S/C11H17N5O/c1-17-6-2-3-12-11-13-4-5-16(11)9-10-7-14-15-8-10/h4-5,7-8H,2-3,6,9H2,1H3,(H,12,13)(H,14,15). The van der Waals surface area contributed by atoms with Crippen molar-refractivity contribution in [2.45, 2.75) is 13.0 Å². The zero-order valence-electron chi connectivity index (χ0n) is 9.89. The van der Waals surface area contributed by atoms with E-state index in [0.717, 1.165) is 37.6 Å². The van der Waals surface area contributed by atoms with Crippen molar-refractivity contribution >= 4 is 5.95 Å². The molecule has 0 spiro atoms. The van der Waals surface area contributed by atoms with Gasteiger partial charge in [0, 0.05) is 44.4 Å². The largest absolute Gasteiger partial charge is 0.385 e. The van der Waals surface area contributed by atoms with Crippen LogP contribution in [0.4, 0.5) is 5.95 Å². The van der Waals surface area contributed by atoms with E-state index in [0.29, 0.717) is 0 Å². The first-order valence-electron chi connectivity index (χ1n) is 5.62. The molecule has 0 saturated carbocycles. The van der Waals surface area contributed by atoms with Crippen molar-refractivity contribution < 1.29 is 4.74 Å². The van der Waals surface area contributed by atoms with E-state index in [1.807, 2.05) is 18.6 Å². The van der Waals surface area contributed by atoms with E-state index in [2.05, 4.69) is 25.1 Å². The number of aromatic nitrogens is 4. The molecule has 0 fully saturated rings. The van der Waals surface area contributed by atoms with Crippen molar-refractivity contribution in [3.8, 4) is 0 Å². The first kappa shape index (κ1) is 11.7. The van der Waals surface area contributed by atoms with Crippen LogP contribution in [-0.2, 0) is 11.3 Å². The van der Waals surface area contributed by atoms with Gasteiger partial charge in [-0.1, -0.05) is 0 Å². The van der Waals surface area contributed by atoms with Gasteiger partial charge in [-0.05, 0) is 6.42 Å². The van der Waals surface area contributed by atoms with Crippen molar-refractivity contribution in [1.82, 2.24) is 19.7 Å². The minimum Gasteiger partial charge on any atom is -0.385 e. The lowest BCUT2D eigenvalue weighted by molar-refractivity contribution is 0.197. The van der Waals surface area contributed by atoms with E-state index in [1.54, 1.807) is 13.3 Å². The van der Waals surface area contributed by atoms with E-state index >= 15 is 0 Å². The number of nitrogens with one attached hydrogen (secondary N) is 2. The average molecular weight is 235 g/mol. The maximum atomic E-state index is 5.00. The lowest BCUT2D eigenvalue weighted by Crippen LogP contribution is -2.10. The Bertz CT molecular complexity index is 423. The monoisotopic (exact) mass is 235 g/mol. The molecule has 0 radical (unpaired) electrons. The Morgan fingerprint density at radius 1 is 1.53 bits per heavy atom. The second-order valence-corrected chi connectivity index (χ2v) is 3.76. The Morgan fingerprint density at radius 2 is 2.47 bits per heavy atom. The molecule has 2 rings (SSSR count). The molecule has 6 nitrogen and oxygen atoms in total. The lowest BCUT2D eigenvalue weighted by atomic mass is 10.3. The van der Waals surface area contributed by atoms with E-state index < -0.39 is 0 Å². The fourth-order valence-corrected chi connectivity index (χ4v) is 1.58. The van der Waals surface area contributed by atoms with E-state index in [1.165, 1.54) is 0 Å². The smallest absolute Gasteiger partial charge is 0.203 e. The van der Waals surface area contributed by atoms with Gasteiger partial charge in [0.25, 0.3) is 0 Å². The summed E-state index contributed by atoms with van der Waals surface area (Å²) in [6.07, 6.45) is 8.41. The highest BCUT2D eigenvalue weighted by atomic mass is 16.5. The van der Waals surface area contributed by atoms with Crippen molar-refractivity contribution in [3.63, 3.8) is 0 Å². The second-order valence-electron chi connectivity index (χ2n) is 3.76. The Morgan fingerprint density at radius 3 is 3.24 bits per heavy atom. The molecule has 0 aliphatic heterocycles. The first-order valence-corrected chi connectivity index (χ1v) is 5.62. The Hall–Kier alpha value is -1.82. The maximum Gasteiger partial charge on any atom is 0.203 e. The zero-order chi connectivity index (χ0) is 11.9. The van der Waals surface area contributed by atoms with Crippen LogP contribution in [0.25, 0.3) is 0 Å². The number of anilines is 1. The highest BCUT2D eigenvalue weighted by Gasteiger charge is 2.03. The maximum absolute atomic E-state index is 5.00. The quantitative estimate of drug-likeness (QED) is 0.705. The lowest BCUT2D eigenvalue weighted by Gasteiger charge is -2.08. The van der Waals surface area contributed by atoms with Gasteiger partial charge in [0.1, 0.15) is 0 Å². The van der Waals surface area contributed by atoms with E-state index in [9.17, 15) is 0 Å². The van der Waals surface area contributed by atoms with Crippen LogP contribution in [0.2, 0.25) is 0 Å². The van der Waals surface area contributed by atoms with Gasteiger partial charge in [-0.25, -0.2) is 4.98 Å². The van der Waals surface area contributed by atoms with Crippen LogP contribution in [0.5, 0.6) is 0 Å². The fourth-order valence-electron chi connectivity index (χ4n) is 1.58. The van der Waals surface area contributed by atoms with Crippen LogP contribution in [0.15, 0.2) is 24.8 Å². The molecule has 0 amide bonds. The van der Waals surface area contributed by atoms with Crippen LogP contribution < -0.4 is 5.32 Å². The Balaban J connectivity index is 1.88. The molecular formula is C11H17N5O. The molecule has 0 unspecified atom stereocenters. The molecule has 17 heavy (non-hydrogen) atoms. The summed E-state index contributed by atoms with van der Waals surface area (Å²) >= 11 is 0. The number of H-pyrrole nitrogens is 1. The molecule has 0 bridgehead atoms. The number of hydrogen-bond donors (Lipinski definition) is 2. The molecule has 2 aromatic heterocycles. The highest BCUT2D eigenvalue weighted by molar-refractivity contribution is 5.27.